The van der Waals surface area contributed by atoms with Crippen LogP contribution in [0.4, 0.5) is 11.4 Å². The third-order valence-corrected chi connectivity index (χ3v) is 4.38. The Balaban J connectivity index is 1.87. The molecule has 0 aliphatic carbocycles. The zero-order valence-electron chi connectivity index (χ0n) is 13.5. The van der Waals surface area contributed by atoms with Gasteiger partial charge in [-0.1, -0.05) is 30.3 Å². The summed E-state index contributed by atoms with van der Waals surface area (Å²) in [5, 5.41) is 6.17. The van der Waals surface area contributed by atoms with Crippen LogP contribution < -0.4 is 15.5 Å². The molecule has 4 rings (SSSR count). The van der Waals surface area contributed by atoms with Crippen molar-refractivity contribution >= 4 is 23.2 Å². The molecule has 2 amide bonds. The molecule has 0 bridgehead atoms. The van der Waals surface area contributed by atoms with Gasteiger partial charge in [0.2, 0.25) is 5.66 Å². The highest BCUT2D eigenvalue weighted by molar-refractivity contribution is 6.15. The first-order valence-corrected chi connectivity index (χ1v) is 7.79. The topological polar surface area (TPSA) is 64.7 Å². The Bertz CT molecular complexity index is 848. The van der Waals surface area contributed by atoms with Crippen LogP contribution in [0.15, 0.2) is 48.5 Å². The highest BCUT2D eigenvalue weighted by Crippen LogP contribution is 2.43. The molecule has 1 unspecified atom stereocenters. The van der Waals surface area contributed by atoms with Crippen molar-refractivity contribution < 1.29 is 9.59 Å². The van der Waals surface area contributed by atoms with E-state index in [1.807, 2.05) is 55.4 Å². The molecule has 0 aromatic heterocycles. The summed E-state index contributed by atoms with van der Waals surface area (Å²) in [6, 6.07) is 14.8. The van der Waals surface area contributed by atoms with Gasteiger partial charge in [0.15, 0.2) is 0 Å². The number of rotatable bonds is 2. The fraction of sp³-hybridized carbons (Fsp3) is 0.222. The molecule has 6 nitrogen and oxygen atoms in total. The predicted molar refractivity (Wildman–Crippen MR) is 91.7 cm³/mol. The van der Waals surface area contributed by atoms with Crippen molar-refractivity contribution in [1.29, 1.82) is 0 Å². The monoisotopic (exact) mass is 322 g/mol. The molecule has 122 valence electrons. The Morgan fingerprint density at radius 3 is 2.50 bits per heavy atom. The van der Waals surface area contributed by atoms with Gasteiger partial charge in [-0.2, -0.15) is 0 Å². The molecule has 2 aliphatic heterocycles. The summed E-state index contributed by atoms with van der Waals surface area (Å²) in [5.74, 6) is -0.431. The lowest BCUT2D eigenvalue weighted by Gasteiger charge is -2.36. The molecule has 2 N–H and O–H groups in total. The highest BCUT2D eigenvalue weighted by atomic mass is 16.2. The summed E-state index contributed by atoms with van der Waals surface area (Å²) in [7, 11) is 3.81. The van der Waals surface area contributed by atoms with Crippen molar-refractivity contribution in [2.75, 3.05) is 31.0 Å². The maximum atomic E-state index is 13.3. The molecular weight excluding hydrogens is 304 g/mol. The number of nitrogens with zero attached hydrogens (tertiary/aromatic N) is 2. The minimum absolute atomic E-state index is 0.180. The second-order valence-corrected chi connectivity index (χ2v) is 6.35. The van der Waals surface area contributed by atoms with E-state index in [0.29, 0.717) is 17.9 Å². The smallest absolute Gasteiger partial charge is 0.279 e. The second kappa shape index (κ2) is 5.07. The average Bonchev–Trinajstić information content (AvgIpc) is 2.78. The van der Waals surface area contributed by atoms with E-state index in [1.165, 1.54) is 0 Å². The van der Waals surface area contributed by atoms with Gasteiger partial charge in [0.05, 0.1) is 17.9 Å². The van der Waals surface area contributed by atoms with Gasteiger partial charge in [-0.05, 0) is 32.3 Å². The summed E-state index contributed by atoms with van der Waals surface area (Å²) in [4.78, 5) is 29.5. The van der Waals surface area contributed by atoms with Crippen LogP contribution in [-0.2, 0) is 10.5 Å². The molecule has 2 aromatic carbocycles. The first kappa shape index (κ1) is 14.7. The fourth-order valence-electron chi connectivity index (χ4n) is 3.38. The van der Waals surface area contributed by atoms with Gasteiger partial charge in [-0.25, -0.2) is 0 Å². The molecule has 2 heterocycles. The Labute approximate surface area is 140 Å². The molecule has 0 saturated carbocycles. The normalized spacial score (nSPS) is 21.5. The van der Waals surface area contributed by atoms with E-state index in [-0.39, 0.29) is 11.8 Å². The van der Waals surface area contributed by atoms with Gasteiger partial charge in [-0.15, -0.1) is 0 Å². The van der Waals surface area contributed by atoms with Crippen LogP contribution in [0.5, 0.6) is 0 Å². The van der Waals surface area contributed by atoms with Gasteiger partial charge in [0, 0.05) is 11.3 Å². The van der Waals surface area contributed by atoms with Crippen LogP contribution in [0, 0.1) is 0 Å². The van der Waals surface area contributed by atoms with Crippen molar-refractivity contribution in [3.63, 3.8) is 0 Å². The molecule has 0 radical (unpaired) electrons. The van der Waals surface area contributed by atoms with E-state index >= 15 is 0 Å². The van der Waals surface area contributed by atoms with E-state index in [1.54, 1.807) is 17.0 Å². The first-order valence-electron chi connectivity index (χ1n) is 7.79. The van der Waals surface area contributed by atoms with Crippen molar-refractivity contribution in [3.05, 3.63) is 59.7 Å². The van der Waals surface area contributed by atoms with Gasteiger partial charge < -0.3 is 10.6 Å². The lowest BCUT2D eigenvalue weighted by atomic mass is 9.96. The predicted octanol–water partition coefficient (Wildman–Crippen LogP) is 1.56. The fourth-order valence-corrected chi connectivity index (χ4v) is 3.38. The minimum Gasteiger partial charge on any atom is -0.350 e. The van der Waals surface area contributed by atoms with E-state index in [4.69, 9.17) is 0 Å². The average molecular weight is 322 g/mol. The lowest BCUT2D eigenvalue weighted by Crippen LogP contribution is -2.61. The largest absolute Gasteiger partial charge is 0.350 e. The number of nitrogens with one attached hydrogen (secondary N) is 2. The number of para-hydroxylation sites is 2. The zero-order chi connectivity index (χ0) is 16.9. The SMILES string of the molecule is CN(C)CN1C(=O)C2(NC(=O)c3ccccc3N2)c2ccccc21. The Kier molecular flexibility index (Phi) is 3.11. The van der Waals surface area contributed by atoms with E-state index in [2.05, 4.69) is 10.6 Å². The van der Waals surface area contributed by atoms with Gasteiger partial charge in [0.25, 0.3) is 11.8 Å². The number of carbonyl (C=O) groups is 2. The Morgan fingerprint density at radius 1 is 1.00 bits per heavy atom. The van der Waals surface area contributed by atoms with Crippen molar-refractivity contribution in [2.24, 2.45) is 0 Å². The third-order valence-electron chi connectivity index (χ3n) is 4.38. The van der Waals surface area contributed by atoms with Crippen molar-refractivity contribution in [3.8, 4) is 0 Å². The molecule has 1 atom stereocenters. The number of anilines is 2. The number of fused-ring (bicyclic) bond motifs is 3. The van der Waals surface area contributed by atoms with Gasteiger partial charge >= 0.3 is 0 Å². The molecule has 0 fully saturated rings. The van der Waals surface area contributed by atoms with E-state index in [0.717, 1.165) is 11.3 Å². The Morgan fingerprint density at radius 2 is 1.71 bits per heavy atom. The van der Waals surface area contributed by atoms with E-state index < -0.39 is 5.66 Å². The molecule has 2 aromatic rings. The van der Waals surface area contributed by atoms with Crippen LogP contribution >= 0.6 is 0 Å². The number of benzene rings is 2. The van der Waals surface area contributed by atoms with Crippen molar-refractivity contribution in [1.82, 2.24) is 10.2 Å². The second-order valence-electron chi connectivity index (χ2n) is 6.35. The summed E-state index contributed by atoms with van der Waals surface area (Å²) in [6.07, 6.45) is 0. The summed E-state index contributed by atoms with van der Waals surface area (Å²) < 4.78 is 0. The molecule has 24 heavy (non-hydrogen) atoms. The maximum Gasteiger partial charge on any atom is 0.279 e. The quantitative estimate of drug-likeness (QED) is 0.881. The van der Waals surface area contributed by atoms with Gasteiger partial charge in [0.1, 0.15) is 0 Å². The molecule has 1 spiro atoms. The highest BCUT2D eigenvalue weighted by Gasteiger charge is 2.54. The Hall–Kier alpha value is -2.86. The lowest BCUT2D eigenvalue weighted by molar-refractivity contribution is -0.123. The zero-order valence-corrected chi connectivity index (χ0v) is 13.5. The molecule has 6 heteroatoms. The summed E-state index contributed by atoms with van der Waals surface area (Å²) in [5.41, 5.74) is 1.52. The number of amides is 2. The molecular formula is C18H18N4O2. The number of carbonyl (C=O) groups excluding carboxylic acids is 2. The van der Waals surface area contributed by atoms with Crippen LogP contribution in [0.25, 0.3) is 0 Å². The third kappa shape index (κ3) is 1.93. The number of hydrogen-bond acceptors (Lipinski definition) is 4. The van der Waals surface area contributed by atoms with Gasteiger partial charge in [-0.3, -0.25) is 19.4 Å². The number of hydrogen-bond donors (Lipinski definition) is 2. The molecule has 2 aliphatic rings. The summed E-state index contributed by atoms with van der Waals surface area (Å²) in [6.45, 7) is 0.441. The first-order chi connectivity index (χ1) is 11.5. The minimum atomic E-state index is -1.25. The maximum absolute atomic E-state index is 13.3. The van der Waals surface area contributed by atoms with Crippen LogP contribution in [0.2, 0.25) is 0 Å². The molecule has 0 saturated heterocycles. The van der Waals surface area contributed by atoms with Crippen LogP contribution in [0.1, 0.15) is 15.9 Å². The van der Waals surface area contributed by atoms with E-state index in [9.17, 15) is 9.59 Å². The standard InChI is InChI=1S/C18H18N4O2/c1-21(2)11-22-15-10-6-4-8-13(15)18(17(22)24)19-14-9-5-3-7-12(14)16(23)20-18/h3-10,19H,11H2,1-2H3,(H,20,23). The van der Waals surface area contributed by atoms with Crippen LogP contribution in [-0.4, -0.2) is 37.5 Å². The van der Waals surface area contributed by atoms with Crippen molar-refractivity contribution in [2.45, 2.75) is 5.66 Å². The summed E-state index contributed by atoms with van der Waals surface area (Å²) >= 11 is 0. The van der Waals surface area contributed by atoms with Crippen LogP contribution in [0.3, 0.4) is 0 Å².